The fourth-order valence-electron chi connectivity index (χ4n) is 4.47. The van der Waals surface area contributed by atoms with Gasteiger partial charge in [0, 0.05) is 35.3 Å². The molecule has 3 aromatic rings. The van der Waals surface area contributed by atoms with Gasteiger partial charge in [0.25, 0.3) is 15.9 Å². The number of likely N-dealkylation sites (tertiary alicyclic amines) is 1. The van der Waals surface area contributed by atoms with E-state index in [1.165, 1.54) is 6.92 Å². The monoisotopic (exact) mass is 482 g/mol. The Bertz CT molecular complexity index is 1360. The Labute approximate surface area is 200 Å². The molecule has 0 aliphatic carbocycles. The molecule has 1 saturated heterocycles. The van der Waals surface area contributed by atoms with Gasteiger partial charge in [0.1, 0.15) is 4.90 Å². The van der Waals surface area contributed by atoms with E-state index in [4.69, 9.17) is 4.42 Å². The van der Waals surface area contributed by atoms with E-state index in [-0.39, 0.29) is 27.9 Å². The molecular weight excluding hydrogens is 452 g/mol. The summed E-state index contributed by atoms with van der Waals surface area (Å²) in [6.45, 7) is 8.19. The number of aryl methyl sites for hydroxylation is 2. The van der Waals surface area contributed by atoms with Crippen LogP contribution in [0.25, 0.3) is 11.0 Å². The fraction of sp³-hybridized carbons (Fsp3) is 0.385. The number of nitrogens with zero attached hydrogens (tertiary/aromatic N) is 1. The number of carbonyl (C=O) groups excluding carboxylic acids is 2. The van der Waals surface area contributed by atoms with Gasteiger partial charge in [-0.2, -0.15) is 0 Å². The standard InChI is InChI=1S/C26H30N2O5S/c1-16-15-22-18(3)23(26(30)28-13-7-5-6-8-14-28)33-24(22)25(17(16)2)34(31,32)27-21-11-9-20(10-12-21)19(4)29/h9-12,15,27H,5-8,13-14H2,1-4H3. The smallest absolute Gasteiger partial charge is 0.289 e. The van der Waals surface area contributed by atoms with Crippen LogP contribution >= 0.6 is 0 Å². The summed E-state index contributed by atoms with van der Waals surface area (Å²) in [5.41, 5.74) is 3.01. The fourth-order valence-corrected chi connectivity index (χ4v) is 5.98. The van der Waals surface area contributed by atoms with Gasteiger partial charge in [0.05, 0.1) is 0 Å². The maximum absolute atomic E-state index is 13.5. The molecule has 7 nitrogen and oxygen atoms in total. The van der Waals surface area contributed by atoms with Crippen LogP contribution in [0.15, 0.2) is 39.6 Å². The molecule has 1 fully saturated rings. The van der Waals surface area contributed by atoms with Gasteiger partial charge >= 0.3 is 0 Å². The quantitative estimate of drug-likeness (QED) is 0.493. The summed E-state index contributed by atoms with van der Waals surface area (Å²) in [5.74, 6) is -0.0930. The number of benzene rings is 2. The van der Waals surface area contributed by atoms with Crippen LogP contribution < -0.4 is 4.72 Å². The molecule has 1 aliphatic heterocycles. The van der Waals surface area contributed by atoms with E-state index < -0.39 is 10.0 Å². The van der Waals surface area contributed by atoms with Gasteiger partial charge in [0.15, 0.2) is 17.1 Å². The predicted molar refractivity (Wildman–Crippen MR) is 132 cm³/mol. The third kappa shape index (κ3) is 4.46. The van der Waals surface area contributed by atoms with E-state index in [0.29, 0.717) is 40.9 Å². The third-order valence-electron chi connectivity index (χ3n) is 6.59. The van der Waals surface area contributed by atoms with E-state index in [0.717, 1.165) is 31.2 Å². The molecule has 2 heterocycles. The van der Waals surface area contributed by atoms with Crippen LogP contribution in [-0.4, -0.2) is 38.1 Å². The second-order valence-electron chi connectivity index (χ2n) is 9.03. The highest BCUT2D eigenvalue weighted by Gasteiger charge is 2.30. The number of rotatable bonds is 5. The van der Waals surface area contributed by atoms with Gasteiger partial charge in [-0.05, 0) is 82.0 Å². The largest absolute Gasteiger partial charge is 0.449 e. The molecule has 34 heavy (non-hydrogen) atoms. The van der Waals surface area contributed by atoms with Crippen molar-refractivity contribution in [2.45, 2.75) is 58.3 Å². The Kier molecular flexibility index (Phi) is 6.53. The molecule has 0 saturated carbocycles. The zero-order chi connectivity index (χ0) is 24.6. The van der Waals surface area contributed by atoms with Crippen LogP contribution in [0.5, 0.6) is 0 Å². The molecule has 0 spiro atoms. The zero-order valence-corrected chi connectivity index (χ0v) is 20.8. The highest BCUT2D eigenvalue weighted by atomic mass is 32.2. The number of anilines is 1. The molecule has 8 heteroatoms. The number of fused-ring (bicyclic) bond motifs is 1. The number of hydrogen-bond acceptors (Lipinski definition) is 5. The molecule has 180 valence electrons. The third-order valence-corrected chi connectivity index (χ3v) is 8.13. The van der Waals surface area contributed by atoms with Crippen molar-refractivity contribution in [3.8, 4) is 0 Å². The minimum absolute atomic E-state index is 0.0242. The Morgan fingerprint density at radius 3 is 2.15 bits per heavy atom. The van der Waals surface area contributed by atoms with Crippen molar-refractivity contribution in [1.29, 1.82) is 0 Å². The zero-order valence-electron chi connectivity index (χ0n) is 20.0. The molecule has 1 amide bonds. The van der Waals surface area contributed by atoms with Crippen molar-refractivity contribution >= 4 is 38.4 Å². The van der Waals surface area contributed by atoms with Crippen molar-refractivity contribution in [2.75, 3.05) is 17.8 Å². The minimum Gasteiger partial charge on any atom is -0.449 e. The van der Waals surface area contributed by atoms with Gasteiger partial charge in [-0.3, -0.25) is 14.3 Å². The first-order valence-corrected chi connectivity index (χ1v) is 13.0. The number of Topliss-reactive ketones (excluding diaryl/α,β-unsaturated/α-hetero) is 1. The molecule has 1 aliphatic rings. The highest BCUT2D eigenvalue weighted by molar-refractivity contribution is 7.93. The summed E-state index contributed by atoms with van der Waals surface area (Å²) in [7, 11) is -4.04. The van der Waals surface area contributed by atoms with Gasteiger partial charge in [-0.15, -0.1) is 0 Å². The predicted octanol–water partition coefficient (Wildman–Crippen LogP) is 5.38. The normalized spacial score (nSPS) is 14.8. The Morgan fingerprint density at radius 2 is 1.56 bits per heavy atom. The number of nitrogens with one attached hydrogen (secondary N) is 1. The van der Waals surface area contributed by atoms with Gasteiger partial charge in [-0.1, -0.05) is 12.8 Å². The summed E-state index contributed by atoms with van der Waals surface area (Å²) < 4.78 is 35.7. The molecule has 2 aromatic carbocycles. The van der Waals surface area contributed by atoms with E-state index >= 15 is 0 Å². The molecular formula is C26H30N2O5S. The van der Waals surface area contributed by atoms with Crippen molar-refractivity contribution in [3.05, 3.63) is 58.3 Å². The van der Waals surface area contributed by atoms with Crippen LogP contribution in [0.2, 0.25) is 0 Å². The van der Waals surface area contributed by atoms with Crippen molar-refractivity contribution in [3.63, 3.8) is 0 Å². The number of amides is 1. The number of hydrogen-bond donors (Lipinski definition) is 1. The van der Waals surface area contributed by atoms with E-state index in [9.17, 15) is 18.0 Å². The van der Waals surface area contributed by atoms with E-state index in [2.05, 4.69) is 4.72 Å². The summed E-state index contributed by atoms with van der Waals surface area (Å²) in [4.78, 5) is 26.7. The lowest BCUT2D eigenvalue weighted by Crippen LogP contribution is -2.31. The first-order chi connectivity index (χ1) is 16.1. The Balaban J connectivity index is 1.78. The van der Waals surface area contributed by atoms with Crippen LogP contribution in [0.4, 0.5) is 5.69 Å². The first kappa shape index (κ1) is 24.0. The lowest BCUT2D eigenvalue weighted by molar-refractivity contribution is 0.0730. The van der Waals surface area contributed by atoms with Crippen LogP contribution in [0, 0.1) is 20.8 Å². The summed E-state index contributed by atoms with van der Waals surface area (Å²) in [5, 5.41) is 0.619. The first-order valence-electron chi connectivity index (χ1n) is 11.6. The average Bonchev–Trinajstić information content (AvgIpc) is 2.96. The number of ketones is 1. The number of furan rings is 1. The molecule has 1 N–H and O–H groups in total. The molecule has 0 bridgehead atoms. The van der Waals surface area contributed by atoms with Gasteiger partial charge < -0.3 is 9.32 Å². The second kappa shape index (κ2) is 9.25. The molecule has 0 unspecified atom stereocenters. The molecule has 0 radical (unpaired) electrons. The van der Waals surface area contributed by atoms with E-state index in [1.54, 1.807) is 43.0 Å². The van der Waals surface area contributed by atoms with Crippen molar-refractivity contribution < 1.29 is 22.4 Å². The average molecular weight is 483 g/mol. The van der Waals surface area contributed by atoms with Crippen LogP contribution in [0.3, 0.4) is 0 Å². The Hall–Kier alpha value is -3.13. The second-order valence-corrected chi connectivity index (χ2v) is 10.6. The van der Waals surface area contributed by atoms with Crippen molar-refractivity contribution in [2.24, 2.45) is 0 Å². The molecule has 1 aromatic heterocycles. The summed E-state index contributed by atoms with van der Waals surface area (Å²) in [6, 6.07) is 8.14. The number of carbonyl (C=O) groups is 2. The van der Waals surface area contributed by atoms with Crippen LogP contribution in [0.1, 0.15) is 70.2 Å². The lowest BCUT2D eigenvalue weighted by atomic mass is 10.0. The lowest BCUT2D eigenvalue weighted by Gasteiger charge is -2.19. The highest BCUT2D eigenvalue weighted by Crippen LogP contribution is 2.36. The minimum atomic E-state index is -4.04. The van der Waals surface area contributed by atoms with Gasteiger partial charge in [-0.25, -0.2) is 8.42 Å². The Morgan fingerprint density at radius 1 is 0.941 bits per heavy atom. The summed E-state index contributed by atoms with van der Waals surface area (Å²) in [6.07, 6.45) is 4.11. The summed E-state index contributed by atoms with van der Waals surface area (Å²) >= 11 is 0. The maximum atomic E-state index is 13.5. The SMILES string of the molecule is CC(=O)c1ccc(NS(=O)(=O)c2c(C)c(C)cc3c(C)c(C(=O)N4CCCCCC4)oc23)cc1. The van der Waals surface area contributed by atoms with Gasteiger partial charge in [0.2, 0.25) is 0 Å². The number of sulfonamides is 1. The van der Waals surface area contributed by atoms with Crippen LogP contribution in [-0.2, 0) is 10.0 Å². The van der Waals surface area contributed by atoms with Crippen molar-refractivity contribution in [1.82, 2.24) is 4.90 Å². The maximum Gasteiger partial charge on any atom is 0.289 e. The molecule has 4 rings (SSSR count). The van der Waals surface area contributed by atoms with E-state index in [1.807, 2.05) is 13.0 Å². The topological polar surface area (TPSA) is 96.7 Å². The molecule has 0 atom stereocenters.